The van der Waals surface area contributed by atoms with Gasteiger partial charge in [0.15, 0.2) is 5.03 Å². The molecule has 0 aromatic heterocycles. The van der Waals surface area contributed by atoms with Crippen LogP contribution in [0.1, 0.15) is 58.8 Å². The lowest BCUT2D eigenvalue weighted by atomic mass is 9.40. The van der Waals surface area contributed by atoms with Gasteiger partial charge in [-0.3, -0.25) is 0 Å². The van der Waals surface area contributed by atoms with Crippen molar-refractivity contribution in [3.8, 4) is 0 Å². The van der Waals surface area contributed by atoms with Gasteiger partial charge in [0.2, 0.25) is 0 Å². The Balaban J connectivity index is 1.67. The number of nitro groups is 1. The maximum Gasteiger partial charge on any atom is 0.251 e. The van der Waals surface area contributed by atoms with Crippen LogP contribution in [-0.2, 0) is 0 Å². The highest BCUT2D eigenvalue weighted by molar-refractivity contribution is 5.76. The van der Waals surface area contributed by atoms with Crippen molar-refractivity contribution in [1.29, 1.82) is 0 Å². The highest BCUT2D eigenvalue weighted by Gasteiger charge is 2.59. The van der Waals surface area contributed by atoms with Crippen LogP contribution in [0.5, 0.6) is 0 Å². The molecule has 0 saturated heterocycles. The number of nitrogens with zero attached hydrogens (tertiary/aromatic N) is 2. The molecule has 4 aliphatic carbocycles. The van der Waals surface area contributed by atoms with Crippen LogP contribution in [0.15, 0.2) is 4.99 Å². The lowest BCUT2D eigenvalue weighted by Gasteiger charge is -2.65. The van der Waals surface area contributed by atoms with Gasteiger partial charge in [-0.15, -0.1) is 0 Å². The number of aliphatic imine (C=N–C) groups is 1. The van der Waals surface area contributed by atoms with E-state index in [1.165, 1.54) is 38.5 Å². The fraction of sp³-hybridized carbons (Fsp3) is 0.933. The van der Waals surface area contributed by atoms with Crippen LogP contribution in [0.2, 0.25) is 0 Å². The predicted molar refractivity (Wildman–Crippen MR) is 81.1 cm³/mol. The monoisotopic (exact) mass is 294 g/mol. The summed E-state index contributed by atoms with van der Waals surface area (Å²) in [5, 5.41) is 9.65. The first kappa shape index (κ1) is 14.6. The van der Waals surface area contributed by atoms with Gasteiger partial charge < -0.3 is 5.73 Å². The zero-order valence-electron chi connectivity index (χ0n) is 13.0. The molecule has 0 spiro atoms. The summed E-state index contributed by atoms with van der Waals surface area (Å²) in [4.78, 5) is 14.4. The van der Waals surface area contributed by atoms with Crippen molar-refractivity contribution < 1.29 is 5.03 Å². The summed E-state index contributed by atoms with van der Waals surface area (Å²) in [7, 11) is 0. The van der Waals surface area contributed by atoms with Crippen molar-refractivity contribution in [2.45, 2.75) is 58.8 Å². The summed E-state index contributed by atoms with van der Waals surface area (Å²) in [5.74, 6) is 0.789. The highest BCUT2D eigenvalue weighted by Crippen LogP contribution is 2.70. The molecule has 4 saturated carbocycles. The van der Waals surface area contributed by atoms with E-state index in [9.17, 15) is 10.1 Å². The first-order valence-electron chi connectivity index (χ1n) is 7.93. The van der Waals surface area contributed by atoms with Crippen molar-refractivity contribution in [3.05, 3.63) is 10.1 Å². The molecule has 2 unspecified atom stereocenters. The van der Waals surface area contributed by atoms with E-state index in [4.69, 9.17) is 5.73 Å². The molecule has 21 heavy (non-hydrogen) atoms. The molecule has 4 aliphatic rings. The molecule has 118 valence electrons. The van der Waals surface area contributed by atoms with Gasteiger partial charge in [-0.1, -0.05) is 19.3 Å². The number of rotatable bonds is 4. The Morgan fingerprint density at radius 3 is 2.43 bits per heavy atom. The second kappa shape index (κ2) is 4.58. The summed E-state index contributed by atoms with van der Waals surface area (Å²) in [5.41, 5.74) is 8.81. The largest absolute Gasteiger partial charge is 0.365 e. The maximum atomic E-state index is 10.3. The third-order valence-electron chi connectivity index (χ3n) is 5.87. The van der Waals surface area contributed by atoms with Crippen molar-refractivity contribution in [2.24, 2.45) is 32.9 Å². The van der Waals surface area contributed by atoms with E-state index < -0.39 is 5.03 Å². The Bertz CT molecular complexity index is 472. The SMILES string of the molecule is CC12CC3CC(C)(C1)CC(CCN=C(N)N[N+](=O)[O-])(C3)C2. The van der Waals surface area contributed by atoms with Crippen LogP contribution < -0.4 is 11.2 Å². The Morgan fingerprint density at radius 2 is 1.90 bits per heavy atom. The average molecular weight is 294 g/mol. The van der Waals surface area contributed by atoms with Gasteiger partial charge >= 0.3 is 0 Å². The Morgan fingerprint density at radius 1 is 1.29 bits per heavy atom. The molecule has 3 N–H and O–H groups in total. The topological polar surface area (TPSA) is 93.5 Å². The lowest BCUT2D eigenvalue weighted by Crippen LogP contribution is -2.55. The molecule has 2 atom stereocenters. The summed E-state index contributed by atoms with van der Waals surface area (Å²) in [6.07, 6.45) is 9.06. The number of hydrogen-bond donors (Lipinski definition) is 2. The molecule has 4 fully saturated rings. The minimum absolute atomic E-state index is 0.0813. The van der Waals surface area contributed by atoms with E-state index in [0.29, 0.717) is 22.8 Å². The first-order valence-corrected chi connectivity index (χ1v) is 7.93. The molecule has 4 bridgehead atoms. The molecule has 4 rings (SSSR count). The molecule has 0 aromatic rings. The summed E-state index contributed by atoms with van der Waals surface area (Å²) in [6.45, 7) is 5.50. The summed E-state index contributed by atoms with van der Waals surface area (Å²) >= 11 is 0. The van der Waals surface area contributed by atoms with Gasteiger partial charge in [0.05, 0.1) is 0 Å². The second-order valence-corrected chi connectivity index (χ2v) is 8.52. The zero-order chi connectivity index (χ0) is 15.3. The van der Waals surface area contributed by atoms with Crippen LogP contribution in [0.3, 0.4) is 0 Å². The predicted octanol–water partition coefficient (Wildman–Crippen LogP) is 2.47. The molecular weight excluding hydrogens is 268 g/mol. The minimum atomic E-state index is -0.661. The third-order valence-corrected chi connectivity index (χ3v) is 5.87. The third kappa shape index (κ3) is 2.85. The first-order chi connectivity index (χ1) is 9.72. The van der Waals surface area contributed by atoms with Gasteiger partial charge in [0.1, 0.15) is 0 Å². The maximum absolute atomic E-state index is 10.3. The van der Waals surface area contributed by atoms with E-state index >= 15 is 0 Å². The zero-order valence-corrected chi connectivity index (χ0v) is 13.0. The van der Waals surface area contributed by atoms with E-state index in [1.807, 2.05) is 5.43 Å². The standard InChI is InChI=1S/C15H26N4O2/c1-13-5-11-6-14(2,8-13)10-15(7-11,9-13)3-4-17-12(16)18-19(20)21/h11H,3-10H2,1-2H3,(H3,16,17,18). The lowest BCUT2D eigenvalue weighted by molar-refractivity contribution is -0.525. The molecule has 0 aliphatic heterocycles. The van der Waals surface area contributed by atoms with Crippen molar-refractivity contribution in [2.75, 3.05) is 6.54 Å². The molecule has 0 heterocycles. The van der Waals surface area contributed by atoms with Crippen LogP contribution in [0.25, 0.3) is 0 Å². The summed E-state index contributed by atoms with van der Waals surface area (Å²) < 4.78 is 0. The number of nitrogens with two attached hydrogens (primary N) is 1. The van der Waals surface area contributed by atoms with Gasteiger partial charge in [-0.25, -0.2) is 15.1 Å². The minimum Gasteiger partial charge on any atom is -0.365 e. The normalized spacial score (nSPS) is 44.9. The van der Waals surface area contributed by atoms with Crippen molar-refractivity contribution in [3.63, 3.8) is 0 Å². The number of hydrogen-bond acceptors (Lipinski definition) is 3. The van der Waals surface area contributed by atoms with E-state index in [0.717, 1.165) is 12.3 Å². The smallest absolute Gasteiger partial charge is 0.251 e. The Labute approximate surface area is 125 Å². The van der Waals surface area contributed by atoms with E-state index in [1.54, 1.807) is 0 Å². The molecule has 6 heteroatoms. The average Bonchev–Trinajstić information content (AvgIpc) is 2.21. The highest BCUT2D eigenvalue weighted by atomic mass is 16.7. The van der Waals surface area contributed by atoms with Crippen LogP contribution in [-0.4, -0.2) is 17.5 Å². The molecule has 0 amide bonds. The Hall–Kier alpha value is -1.33. The number of guanidine groups is 1. The molecular formula is C15H26N4O2. The van der Waals surface area contributed by atoms with Gasteiger partial charge in [0.25, 0.3) is 5.96 Å². The molecule has 0 radical (unpaired) electrons. The van der Waals surface area contributed by atoms with Gasteiger partial charge in [-0.2, -0.15) is 0 Å². The van der Waals surface area contributed by atoms with Crippen LogP contribution in [0, 0.1) is 32.3 Å². The van der Waals surface area contributed by atoms with Gasteiger partial charge in [0, 0.05) is 6.54 Å². The number of hydrazine groups is 1. The van der Waals surface area contributed by atoms with E-state index in [-0.39, 0.29) is 5.96 Å². The van der Waals surface area contributed by atoms with Crippen molar-refractivity contribution in [1.82, 2.24) is 5.43 Å². The van der Waals surface area contributed by atoms with Crippen LogP contribution >= 0.6 is 0 Å². The fourth-order valence-corrected chi connectivity index (χ4v) is 6.51. The quantitative estimate of drug-likeness (QED) is 0.360. The van der Waals surface area contributed by atoms with E-state index in [2.05, 4.69) is 18.8 Å². The molecule has 0 aromatic carbocycles. The summed E-state index contributed by atoms with van der Waals surface area (Å²) in [6, 6.07) is 0. The number of nitrogens with one attached hydrogen (secondary N) is 1. The van der Waals surface area contributed by atoms with Crippen molar-refractivity contribution >= 4 is 5.96 Å². The fourth-order valence-electron chi connectivity index (χ4n) is 6.51. The Kier molecular flexibility index (Phi) is 3.19. The molecule has 6 nitrogen and oxygen atoms in total. The van der Waals surface area contributed by atoms with Gasteiger partial charge in [-0.05, 0) is 67.1 Å². The van der Waals surface area contributed by atoms with Crippen LogP contribution in [0.4, 0.5) is 0 Å². The second-order valence-electron chi connectivity index (χ2n) is 8.52.